The van der Waals surface area contributed by atoms with Crippen LogP contribution in [0.3, 0.4) is 0 Å². The summed E-state index contributed by atoms with van der Waals surface area (Å²) in [6, 6.07) is 1.69. The molecule has 1 fully saturated rings. The normalized spacial score (nSPS) is 20.7. The molecule has 2 heterocycles. The highest BCUT2D eigenvalue weighted by Crippen LogP contribution is 2.23. The summed E-state index contributed by atoms with van der Waals surface area (Å²) < 4.78 is 4.60. The number of anilines is 1. The van der Waals surface area contributed by atoms with Crippen LogP contribution in [0.5, 0.6) is 0 Å². The van der Waals surface area contributed by atoms with Crippen molar-refractivity contribution in [3.8, 4) is 0 Å². The van der Waals surface area contributed by atoms with Crippen LogP contribution in [0.2, 0.25) is 0 Å². The Balaban J connectivity index is 2.11. The molecule has 1 aromatic rings. The van der Waals surface area contributed by atoms with E-state index in [-0.39, 0.29) is 24.2 Å². The third-order valence-electron chi connectivity index (χ3n) is 2.44. The van der Waals surface area contributed by atoms with Gasteiger partial charge in [-0.05, 0) is 0 Å². The van der Waals surface area contributed by atoms with Crippen LogP contribution in [0.15, 0.2) is 12.3 Å². The van der Waals surface area contributed by atoms with Gasteiger partial charge in [0.15, 0.2) is 0 Å². The maximum atomic E-state index is 11.6. The summed E-state index contributed by atoms with van der Waals surface area (Å²) in [6.45, 7) is 0.355. The number of carbonyl (C=O) groups is 2. The first kappa shape index (κ1) is 9.70. The van der Waals surface area contributed by atoms with E-state index in [2.05, 4.69) is 14.9 Å². The molecule has 0 bridgehead atoms. The Hall–Kier alpha value is -1.85. The molecule has 2 rings (SSSR count). The van der Waals surface area contributed by atoms with Gasteiger partial charge in [0, 0.05) is 19.0 Å². The maximum absolute atomic E-state index is 11.6. The highest BCUT2D eigenvalue weighted by atomic mass is 16.5. The molecule has 0 saturated carbocycles. The van der Waals surface area contributed by atoms with Crippen LogP contribution in [-0.4, -0.2) is 35.7 Å². The molecule has 6 heteroatoms. The van der Waals surface area contributed by atoms with Crippen LogP contribution in [0, 0.1) is 5.92 Å². The second kappa shape index (κ2) is 3.72. The molecule has 1 aromatic heterocycles. The molecule has 1 N–H and O–H groups in total. The number of aromatic nitrogens is 2. The van der Waals surface area contributed by atoms with E-state index in [0.717, 1.165) is 0 Å². The SMILES string of the molecule is COC(=O)C1CC(=O)N(c2ccn[nH]2)C1. The average molecular weight is 209 g/mol. The summed E-state index contributed by atoms with van der Waals surface area (Å²) >= 11 is 0. The molecule has 0 radical (unpaired) electrons. The third-order valence-corrected chi connectivity index (χ3v) is 2.44. The van der Waals surface area contributed by atoms with Crippen LogP contribution in [0.25, 0.3) is 0 Å². The molecule has 0 aromatic carbocycles. The second-order valence-corrected chi connectivity index (χ2v) is 3.37. The number of methoxy groups -OCH3 is 1. The molecule has 15 heavy (non-hydrogen) atoms. The van der Waals surface area contributed by atoms with Crippen molar-refractivity contribution >= 4 is 17.7 Å². The van der Waals surface area contributed by atoms with Crippen molar-refractivity contribution in [1.29, 1.82) is 0 Å². The summed E-state index contributed by atoms with van der Waals surface area (Å²) in [5.41, 5.74) is 0. The number of aromatic amines is 1. The van der Waals surface area contributed by atoms with Crippen LogP contribution >= 0.6 is 0 Å². The highest BCUT2D eigenvalue weighted by molar-refractivity contribution is 5.98. The predicted octanol–water partition coefficient (Wildman–Crippen LogP) is -0.0644. The highest BCUT2D eigenvalue weighted by Gasteiger charge is 2.36. The first-order chi connectivity index (χ1) is 7.22. The monoisotopic (exact) mass is 209 g/mol. The Morgan fingerprint density at radius 3 is 3.13 bits per heavy atom. The van der Waals surface area contributed by atoms with E-state index in [9.17, 15) is 9.59 Å². The number of ether oxygens (including phenoxy) is 1. The van der Waals surface area contributed by atoms with Gasteiger partial charge in [-0.15, -0.1) is 0 Å². The van der Waals surface area contributed by atoms with Crippen molar-refractivity contribution in [2.24, 2.45) is 5.92 Å². The minimum absolute atomic E-state index is 0.0883. The molecule has 80 valence electrons. The summed E-state index contributed by atoms with van der Waals surface area (Å²) in [4.78, 5) is 24.3. The lowest BCUT2D eigenvalue weighted by Crippen LogP contribution is -2.26. The molecule has 1 aliphatic heterocycles. The molecule has 0 spiro atoms. The topological polar surface area (TPSA) is 75.3 Å². The minimum Gasteiger partial charge on any atom is -0.469 e. The molecule has 0 aliphatic carbocycles. The van der Waals surface area contributed by atoms with Crippen LogP contribution < -0.4 is 4.90 Å². The molecule has 1 amide bonds. The van der Waals surface area contributed by atoms with Crippen molar-refractivity contribution in [2.45, 2.75) is 6.42 Å². The zero-order chi connectivity index (χ0) is 10.8. The summed E-state index contributed by atoms with van der Waals surface area (Å²) in [6.07, 6.45) is 1.76. The minimum atomic E-state index is -0.370. The number of amides is 1. The number of rotatable bonds is 2. The van der Waals surface area contributed by atoms with Crippen molar-refractivity contribution in [2.75, 3.05) is 18.6 Å². The Morgan fingerprint density at radius 1 is 1.73 bits per heavy atom. The van der Waals surface area contributed by atoms with Crippen molar-refractivity contribution < 1.29 is 14.3 Å². The van der Waals surface area contributed by atoms with Gasteiger partial charge < -0.3 is 4.74 Å². The average Bonchev–Trinajstić information content (AvgIpc) is 2.84. The van der Waals surface area contributed by atoms with Gasteiger partial charge in [0.05, 0.1) is 19.2 Å². The Morgan fingerprint density at radius 2 is 2.53 bits per heavy atom. The van der Waals surface area contributed by atoms with Gasteiger partial charge in [-0.1, -0.05) is 0 Å². The van der Waals surface area contributed by atoms with E-state index < -0.39 is 0 Å². The Labute approximate surface area is 86.2 Å². The molecular formula is C9H11N3O3. The predicted molar refractivity (Wildman–Crippen MR) is 51.1 cm³/mol. The van der Waals surface area contributed by atoms with Gasteiger partial charge in [0.2, 0.25) is 5.91 Å². The van der Waals surface area contributed by atoms with Crippen molar-refractivity contribution in [3.63, 3.8) is 0 Å². The second-order valence-electron chi connectivity index (χ2n) is 3.37. The zero-order valence-corrected chi connectivity index (χ0v) is 8.27. The van der Waals surface area contributed by atoms with Crippen LogP contribution in [0.4, 0.5) is 5.82 Å². The number of hydrogen-bond acceptors (Lipinski definition) is 4. The molecule has 1 saturated heterocycles. The zero-order valence-electron chi connectivity index (χ0n) is 8.27. The van der Waals surface area contributed by atoms with Crippen molar-refractivity contribution in [3.05, 3.63) is 12.3 Å². The molecular weight excluding hydrogens is 198 g/mol. The largest absolute Gasteiger partial charge is 0.469 e. The number of H-pyrrole nitrogens is 1. The number of esters is 1. The van der Waals surface area contributed by atoms with Gasteiger partial charge in [0.1, 0.15) is 5.82 Å². The molecule has 1 atom stereocenters. The van der Waals surface area contributed by atoms with Crippen LogP contribution in [0.1, 0.15) is 6.42 Å². The Bertz CT molecular complexity index is 374. The molecule has 1 aliphatic rings. The van der Waals surface area contributed by atoms with E-state index in [0.29, 0.717) is 12.4 Å². The summed E-state index contributed by atoms with van der Waals surface area (Å²) in [5, 5.41) is 6.45. The smallest absolute Gasteiger partial charge is 0.311 e. The van der Waals surface area contributed by atoms with Gasteiger partial charge >= 0.3 is 5.97 Å². The molecule has 1 unspecified atom stereocenters. The number of hydrogen-bond donors (Lipinski definition) is 1. The van der Waals surface area contributed by atoms with E-state index in [1.165, 1.54) is 12.0 Å². The van der Waals surface area contributed by atoms with E-state index >= 15 is 0 Å². The lowest BCUT2D eigenvalue weighted by Gasteiger charge is -2.12. The van der Waals surface area contributed by atoms with Crippen LogP contribution in [-0.2, 0) is 14.3 Å². The van der Waals surface area contributed by atoms with Gasteiger partial charge in [-0.3, -0.25) is 19.6 Å². The molecule has 6 nitrogen and oxygen atoms in total. The van der Waals surface area contributed by atoms with E-state index in [1.807, 2.05) is 0 Å². The van der Waals surface area contributed by atoms with E-state index in [1.54, 1.807) is 12.3 Å². The van der Waals surface area contributed by atoms with E-state index in [4.69, 9.17) is 0 Å². The fraction of sp³-hybridized carbons (Fsp3) is 0.444. The Kier molecular flexibility index (Phi) is 2.40. The lowest BCUT2D eigenvalue weighted by molar-refractivity contribution is -0.145. The lowest BCUT2D eigenvalue weighted by atomic mass is 10.1. The van der Waals surface area contributed by atoms with Gasteiger partial charge in [-0.25, -0.2) is 0 Å². The maximum Gasteiger partial charge on any atom is 0.311 e. The number of nitrogens with one attached hydrogen (secondary N) is 1. The summed E-state index contributed by atoms with van der Waals surface area (Å²) in [5.74, 6) is -0.183. The quantitative estimate of drug-likeness (QED) is 0.692. The first-order valence-electron chi connectivity index (χ1n) is 4.60. The van der Waals surface area contributed by atoms with Gasteiger partial charge in [0.25, 0.3) is 0 Å². The summed E-state index contributed by atoms with van der Waals surface area (Å²) in [7, 11) is 1.33. The van der Waals surface area contributed by atoms with Gasteiger partial charge in [-0.2, -0.15) is 5.10 Å². The first-order valence-corrected chi connectivity index (χ1v) is 4.60. The number of nitrogens with zero attached hydrogens (tertiary/aromatic N) is 2. The standard InChI is InChI=1S/C9H11N3O3/c1-15-9(14)6-4-8(13)12(5-6)7-2-3-10-11-7/h2-3,6H,4-5H2,1H3,(H,10,11). The fourth-order valence-corrected chi connectivity index (χ4v) is 1.66. The third kappa shape index (κ3) is 1.70. The van der Waals surface area contributed by atoms with Crippen molar-refractivity contribution in [1.82, 2.24) is 10.2 Å². The number of carbonyl (C=O) groups excluding carboxylic acids is 2. The fourth-order valence-electron chi connectivity index (χ4n) is 1.66.